The van der Waals surface area contributed by atoms with Crippen LogP contribution in [0.3, 0.4) is 0 Å². The number of nitrogens with one attached hydrogen (secondary N) is 2. The van der Waals surface area contributed by atoms with Crippen LogP contribution in [-0.2, 0) is 25.5 Å². The van der Waals surface area contributed by atoms with Crippen LogP contribution in [-0.4, -0.2) is 60.5 Å². The van der Waals surface area contributed by atoms with Crippen LogP contribution < -0.4 is 15.5 Å². The monoisotopic (exact) mass is 444 g/mol. The van der Waals surface area contributed by atoms with Gasteiger partial charge in [-0.2, -0.15) is 0 Å². The van der Waals surface area contributed by atoms with Crippen LogP contribution in [0.15, 0.2) is 10.6 Å². The number of aromatic nitrogens is 1. The first kappa shape index (κ1) is 20.6. The van der Waals surface area contributed by atoms with E-state index >= 15 is 4.39 Å². The quantitative estimate of drug-likeness (QED) is 0.479. The van der Waals surface area contributed by atoms with Crippen LogP contribution in [0.5, 0.6) is 0 Å². The zero-order chi connectivity index (χ0) is 22.9. The highest BCUT2D eigenvalue weighted by atomic mass is 19.1. The van der Waals surface area contributed by atoms with Crippen LogP contribution in [0.2, 0.25) is 0 Å². The van der Waals surface area contributed by atoms with Gasteiger partial charge in [-0.15, -0.1) is 0 Å². The van der Waals surface area contributed by atoms with Crippen LogP contribution in [0, 0.1) is 11.2 Å². The number of anilines is 1. The Kier molecular flexibility index (Phi) is 4.39. The molecule has 1 unspecified atom stereocenters. The number of carbonyl (C=O) groups is 4. The lowest BCUT2D eigenvalue weighted by molar-refractivity contribution is -0.158. The second kappa shape index (κ2) is 6.83. The molecule has 3 aliphatic heterocycles. The van der Waals surface area contributed by atoms with Gasteiger partial charge in [0.25, 0.3) is 5.91 Å². The van der Waals surface area contributed by atoms with E-state index in [1.54, 1.807) is 11.8 Å². The van der Waals surface area contributed by atoms with E-state index in [2.05, 4.69) is 15.8 Å². The first-order chi connectivity index (χ1) is 15.2. The van der Waals surface area contributed by atoms with E-state index in [-0.39, 0.29) is 41.4 Å². The minimum absolute atomic E-state index is 0.0984. The number of amides is 3. The molecule has 3 amide bonds. The van der Waals surface area contributed by atoms with E-state index in [9.17, 15) is 19.2 Å². The summed E-state index contributed by atoms with van der Waals surface area (Å²) in [6, 6.07) is 0.717. The number of imide groups is 1. The van der Waals surface area contributed by atoms with E-state index < -0.39 is 53.3 Å². The van der Waals surface area contributed by atoms with Crippen molar-refractivity contribution in [3.8, 4) is 0 Å². The number of morpholine rings is 1. The highest BCUT2D eigenvalue weighted by Gasteiger charge is 2.62. The van der Waals surface area contributed by atoms with Gasteiger partial charge in [-0.25, -0.2) is 4.39 Å². The van der Waals surface area contributed by atoms with Gasteiger partial charge in [0.1, 0.15) is 5.41 Å². The number of fused-ring (bicyclic) bond motifs is 5. The molecule has 4 heterocycles. The summed E-state index contributed by atoms with van der Waals surface area (Å²) in [6.45, 7) is 3.76. The summed E-state index contributed by atoms with van der Waals surface area (Å²) < 4.78 is 26.9. The lowest BCUT2D eigenvalue weighted by Crippen LogP contribution is -2.72. The lowest BCUT2D eigenvalue weighted by Gasteiger charge is -2.55. The fraction of sp³-hybridized carbons (Fsp3) is 0.476. The summed E-state index contributed by atoms with van der Waals surface area (Å²) in [5.74, 6) is -3.20. The molecule has 1 aromatic carbocycles. The van der Waals surface area contributed by atoms with Crippen LogP contribution in [0.25, 0.3) is 11.0 Å². The fourth-order valence-corrected chi connectivity index (χ4v) is 5.43. The molecular weight excluding hydrogens is 423 g/mol. The molecule has 0 aliphatic carbocycles. The topological polar surface area (TPSA) is 131 Å². The Balaban J connectivity index is 1.78. The summed E-state index contributed by atoms with van der Waals surface area (Å²) in [5.41, 5.74) is -1.37. The number of rotatable bonds is 1. The number of ketones is 1. The van der Waals surface area contributed by atoms with Gasteiger partial charge in [-0.3, -0.25) is 24.5 Å². The van der Waals surface area contributed by atoms with Gasteiger partial charge in [0, 0.05) is 13.6 Å². The average Bonchev–Trinajstić information content (AvgIpc) is 3.14. The predicted octanol–water partition coefficient (Wildman–Crippen LogP) is 0.467. The third-order valence-corrected chi connectivity index (χ3v) is 6.62. The molecule has 168 valence electrons. The first-order valence-electron chi connectivity index (χ1n) is 10.3. The highest BCUT2D eigenvalue weighted by molar-refractivity contribution is 6.22. The number of halogens is 1. The minimum Gasteiger partial charge on any atom is -0.372 e. The van der Waals surface area contributed by atoms with Crippen molar-refractivity contribution in [3.63, 3.8) is 0 Å². The van der Waals surface area contributed by atoms with E-state index in [0.29, 0.717) is 5.56 Å². The maximum atomic E-state index is 15.8. The molecule has 0 saturated carbocycles. The Bertz CT molecular complexity index is 1190. The van der Waals surface area contributed by atoms with Crippen molar-refractivity contribution >= 4 is 40.2 Å². The number of benzene rings is 1. The van der Waals surface area contributed by atoms with Crippen molar-refractivity contribution in [1.29, 1.82) is 0 Å². The van der Waals surface area contributed by atoms with Crippen LogP contribution in [0.1, 0.15) is 36.3 Å². The Morgan fingerprint density at radius 3 is 2.78 bits per heavy atom. The Hall–Kier alpha value is -3.34. The number of nitrogens with zero attached hydrogens (tertiary/aromatic N) is 2. The number of ether oxygens (including phenoxy) is 1. The summed E-state index contributed by atoms with van der Waals surface area (Å²) in [7, 11) is 1.41. The first-order valence-corrected chi connectivity index (χ1v) is 10.3. The van der Waals surface area contributed by atoms with Crippen LogP contribution in [0.4, 0.5) is 10.1 Å². The van der Waals surface area contributed by atoms with Crippen molar-refractivity contribution in [1.82, 2.24) is 15.8 Å². The molecule has 1 aromatic heterocycles. The minimum atomic E-state index is -1.63. The van der Waals surface area contributed by atoms with E-state index in [0.717, 1.165) is 0 Å². The Morgan fingerprint density at radius 1 is 1.34 bits per heavy atom. The third-order valence-electron chi connectivity index (χ3n) is 6.62. The molecule has 0 radical (unpaired) electrons. The number of carbonyl (C=O) groups excluding carboxylic acids is 4. The van der Waals surface area contributed by atoms with Gasteiger partial charge < -0.3 is 19.5 Å². The van der Waals surface area contributed by atoms with E-state index in [1.807, 2.05) is 6.92 Å². The molecule has 2 aromatic rings. The molecule has 5 rings (SSSR count). The van der Waals surface area contributed by atoms with Crippen molar-refractivity contribution in [2.24, 2.45) is 5.41 Å². The summed E-state index contributed by atoms with van der Waals surface area (Å²) in [4.78, 5) is 52.2. The molecule has 1 spiro atoms. The van der Waals surface area contributed by atoms with E-state index in [1.165, 1.54) is 13.1 Å². The second-order valence-electron chi connectivity index (χ2n) is 8.56. The molecule has 32 heavy (non-hydrogen) atoms. The molecular formula is C21H21FN4O6. The number of Topliss-reactive ketones (excluding diaryl/α,β-unsaturated/α-hetero) is 1. The zero-order valence-corrected chi connectivity index (χ0v) is 17.7. The molecule has 11 heteroatoms. The largest absolute Gasteiger partial charge is 0.372 e. The van der Waals surface area contributed by atoms with Crippen molar-refractivity contribution < 1.29 is 32.8 Å². The summed E-state index contributed by atoms with van der Waals surface area (Å²) >= 11 is 0. The second-order valence-corrected chi connectivity index (χ2v) is 8.56. The maximum Gasteiger partial charge on any atom is 0.273 e. The van der Waals surface area contributed by atoms with E-state index in [4.69, 9.17) is 9.26 Å². The molecule has 2 fully saturated rings. The van der Waals surface area contributed by atoms with Gasteiger partial charge in [-0.05, 0) is 31.9 Å². The SMILES string of the molecule is CNC(=O)c1noc2c(F)c3c(cc12)CC1(C(=O)CC(=O)NC1=O)[C@H]1[C@H](C)O[C@H](C)CN31. The Morgan fingerprint density at radius 2 is 2.09 bits per heavy atom. The van der Waals surface area contributed by atoms with Gasteiger partial charge >= 0.3 is 0 Å². The van der Waals surface area contributed by atoms with Gasteiger partial charge in [0.15, 0.2) is 17.3 Å². The van der Waals surface area contributed by atoms with Gasteiger partial charge in [0.2, 0.25) is 17.4 Å². The normalized spacial score (nSPS) is 29.7. The molecule has 2 saturated heterocycles. The predicted molar refractivity (Wildman–Crippen MR) is 107 cm³/mol. The smallest absolute Gasteiger partial charge is 0.273 e. The zero-order valence-electron chi connectivity index (χ0n) is 17.7. The number of piperidine rings is 1. The maximum absolute atomic E-state index is 15.8. The van der Waals surface area contributed by atoms with Crippen molar-refractivity contribution in [2.45, 2.75) is 44.9 Å². The molecule has 10 nitrogen and oxygen atoms in total. The number of hydrogen-bond donors (Lipinski definition) is 2. The van der Waals surface area contributed by atoms with Gasteiger partial charge in [-0.1, -0.05) is 5.16 Å². The summed E-state index contributed by atoms with van der Waals surface area (Å²) in [5, 5.41) is 8.56. The summed E-state index contributed by atoms with van der Waals surface area (Å²) in [6.07, 6.45) is -1.50. The van der Waals surface area contributed by atoms with Crippen LogP contribution >= 0.6 is 0 Å². The lowest BCUT2D eigenvalue weighted by atomic mass is 9.63. The van der Waals surface area contributed by atoms with Crippen molar-refractivity contribution in [2.75, 3.05) is 18.5 Å². The van der Waals surface area contributed by atoms with Gasteiger partial charge in [0.05, 0.1) is 35.7 Å². The molecule has 4 atom stereocenters. The average molecular weight is 444 g/mol. The van der Waals surface area contributed by atoms with Crippen molar-refractivity contribution in [3.05, 3.63) is 23.1 Å². The number of hydrogen-bond acceptors (Lipinski definition) is 8. The third kappa shape index (κ3) is 2.57. The highest BCUT2D eigenvalue weighted by Crippen LogP contribution is 2.50. The molecule has 0 bridgehead atoms. The fourth-order valence-electron chi connectivity index (χ4n) is 5.43. The standard InChI is InChI=1S/C21H21FN4O6/c1-8-7-26-16-10(4-11-15(19(29)23-3)25-32-17(11)14(16)22)6-21(18(26)9(2)31-8)12(27)5-13(28)24-20(21)30/h4,8-9,18H,5-7H2,1-3H3,(H,23,29)(H,24,28,30)/t8-,9+,18-,21?/m1/s1. The Labute approximate surface area is 181 Å². The molecule has 2 N–H and O–H groups in total. The molecule has 3 aliphatic rings.